The number of hydrogen-bond acceptors (Lipinski definition) is 1. The van der Waals surface area contributed by atoms with Gasteiger partial charge >= 0.3 is 0 Å². The number of hydrogen-bond donors (Lipinski definition) is 0. The molecule has 0 aliphatic heterocycles. The van der Waals surface area contributed by atoms with Crippen LogP contribution in [0.5, 0.6) is 0 Å². The van der Waals surface area contributed by atoms with Crippen molar-refractivity contribution < 1.29 is 0 Å². The lowest BCUT2D eigenvalue weighted by Crippen LogP contribution is -2.32. The first kappa shape index (κ1) is 12.0. The zero-order valence-electron chi connectivity index (χ0n) is 11.7. The first-order valence-corrected chi connectivity index (χ1v) is 7.12. The summed E-state index contributed by atoms with van der Waals surface area (Å²) in [7, 11) is 0. The van der Waals surface area contributed by atoms with Gasteiger partial charge in [-0.05, 0) is 36.2 Å². The van der Waals surface area contributed by atoms with Crippen molar-refractivity contribution in [3.63, 3.8) is 0 Å². The van der Waals surface area contributed by atoms with E-state index in [2.05, 4.69) is 51.1 Å². The van der Waals surface area contributed by atoms with E-state index in [0.29, 0.717) is 10.8 Å². The molecule has 0 N–H and O–H groups in total. The van der Waals surface area contributed by atoms with Gasteiger partial charge in [-0.1, -0.05) is 51.1 Å². The van der Waals surface area contributed by atoms with Crippen molar-refractivity contribution in [3.8, 4) is 0 Å². The molecule has 0 spiro atoms. The van der Waals surface area contributed by atoms with Gasteiger partial charge in [0.05, 0.1) is 6.54 Å². The van der Waals surface area contributed by atoms with E-state index in [1.165, 1.54) is 30.5 Å². The molecular formula is C17H23N. The molecule has 0 unspecified atom stereocenters. The van der Waals surface area contributed by atoms with Gasteiger partial charge in [-0.15, -0.1) is 0 Å². The minimum atomic E-state index is 0.354. The maximum absolute atomic E-state index is 4.96. The lowest BCUT2D eigenvalue weighted by atomic mass is 9.70. The van der Waals surface area contributed by atoms with Gasteiger partial charge < -0.3 is 0 Å². The van der Waals surface area contributed by atoms with Crippen LogP contribution in [0.1, 0.15) is 45.6 Å². The molecule has 0 radical (unpaired) electrons. The summed E-state index contributed by atoms with van der Waals surface area (Å²) in [4.78, 5) is 4.96. The molecule has 0 aromatic heterocycles. The molecule has 1 aromatic carbocycles. The zero-order valence-corrected chi connectivity index (χ0v) is 11.7. The molecule has 2 aliphatic carbocycles. The number of benzene rings is 1. The molecule has 2 atom stereocenters. The van der Waals surface area contributed by atoms with Crippen molar-refractivity contribution in [1.82, 2.24) is 0 Å². The Hall–Kier alpha value is -1.11. The molecule has 1 heteroatoms. The Labute approximate surface area is 110 Å². The second kappa shape index (κ2) is 3.94. The molecule has 0 amide bonds. The lowest BCUT2D eigenvalue weighted by molar-refractivity contribution is 0.194. The van der Waals surface area contributed by atoms with Gasteiger partial charge in [0.1, 0.15) is 0 Å². The van der Waals surface area contributed by atoms with Crippen LogP contribution in [0.25, 0.3) is 0 Å². The minimum Gasteiger partial charge on any atom is -0.289 e. The first-order chi connectivity index (χ1) is 8.54. The average molecular weight is 241 g/mol. The summed E-state index contributed by atoms with van der Waals surface area (Å²) in [5.41, 5.74) is 3.61. The van der Waals surface area contributed by atoms with Gasteiger partial charge in [0, 0.05) is 11.1 Å². The van der Waals surface area contributed by atoms with E-state index < -0.39 is 0 Å². The van der Waals surface area contributed by atoms with Gasteiger partial charge in [-0.3, -0.25) is 4.99 Å². The van der Waals surface area contributed by atoms with E-state index in [4.69, 9.17) is 4.99 Å². The third-order valence-electron chi connectivity index (χ3n) is 5.81. The molecule has 1 nitrogen and oxygen atoms in total. The lowest BCUT2D eigenvalue weighted by Gasteiger charge is -2.34. The second-order valence-electron chi connectivity index (χ2n) is 6.74. The highest BCUT2D eigenvalue weighted by Crippen LogP contribution is 2.64. The fraction of sp³-hybridized carbons (Fsp3) is 0.588. The van der Waals surface area contributed by atoms with E-state index >= 15 is 0 Å². The summed E-state index contributed by atoms with van der Waals surface area (Å²) in [5.74, 6) is 0.858. The molecule has 2 fully saturated rings. The number of nitrogens with zero attached hydrogens (tertiary/aromatic N) is 1. The number of aliphatic imine (C=N–C) groups is 1. The van der Waals surface area contributed by atoms with Crippen molar-refractivity contribution in [2.24, 2.45) is 21.7 Å². The molecule has 0 heterocycles. The molecular weight excluding hydrogens is 218 g/mol. The van der Waals surface area contributed by atoms with E-state index in [1.807, 2.05) is 0 Å². The highest BCUT2D eigenvalue weighted by molar-refractivity contribution is 5.94. The van der Waals surface area contributed by atoms with Gasteiger partial charge in [0.15, 0.2) is 0 Å². The molecule has 2 aliphatic rings. The summed E-state index contributed by atoms with van der Waals surface area (Å²) in [6, 6.07) is 10.6. The van der Waals surface area contributed by atoms with Crippen LogP contribution in [0.15, 0.2) is 35.3 Å². The summed E-state index contributed by atoms with van der Waals surface area (Å²) >= 11 is 0. The molecule has 18 heavy (non-hydrogen) atoms. The first-order valence-electron chi connectivity index (χ1n) is 7.12. The van der Waals surface area contributed by atoms with Crippen LogP contribution >= 0.6 is 0 Å². The summed E-state index contributed by atoms with van der Waals surface area (Å²) in [6.07, 6.45) is 3.96. The topological polar surface area (TPSA) is 12.4 Å². The van der Waals surface area contributed by atoms with Crippen LogP contribution in [-0.2, 0) is 6.54 Å². The standard InChI is InChI=1S/C17H23N/c1-16(2)14-9-10-17(16,3)15(11-14)18-12-13-7-5-4-6-8-13/h4-8,14H,9-12H2,1-3H3/b18-15-/t14-,17+/m0/s1. The van der Waals surface area contributed by atoms with Crippen molar-refractivity contribution in [1.29, 1.82) is 0 Å². The Morgan fingerprint density at radius 3 is 2.44 bits per heavy atom. The van der Waals surface area contributed by atoms with Crippen LogP contribution in [0.3, 0.4) is 0 Å². The predicted molar refractivity (Wildman–Crippen MR) is 76.8 cm³/mol. The van der Waals surface area contributed by atoms with E-state index in [1.54, 1.807) is 0 Å². The van der Waals surface area contributed by atoms with Crippen LogP contribution < -0.4 is 0 Å². The van der Waals surface area contributed by atoms with Gasteiger partial charge in [-0.25, -0.2) is 0 Å². The quantitative estimate of drug-likeness (QED) is 0.724. The molecule has 3 rings (SSSR count). The Kier molecular flexibility index (Phi) is 2.62. The minimum absolute atomic E-state index is 0.354. The van der Waals surface area contributed by atoms with Crippen molar-refractivity contribution in [2.75, 3.05) is 0 Å². The Bertz CT molecular complexity index is 472. The van der Waals surface area contributed by atoms with Gasteiger partial charge in [-0.2, -0.15) is 0 Å². The molecule has 96 valence electrons. The molecule has 1 aromatic rings. The largest absolute Gasteiger partial charge is 0.289 e. The van der Waals surface area contributed by atoms with Gasteiger partial charge in [0.2, 0.25) is 0 Å². The highest BCUT2D eigenvalue weighted by Gasteiger charge is 2.59. The molecule has 2 saturated carbocycles. The molecule has 2 bridgehead atoms. The average Bonchev–Trinajstić information content (AvgIpc) is 2.70. The fourth-order valence-electron chi connectivity index (χ4n) is 3.94. The van der Waals surface area contributed by atoms with E-state index in [9.17, 15) is 0 Å². The Morgan fingerprint density at radius 1 is 1.17 bits per heavy atom. The maximum Gasteiger partial charge on any atom is 0.0639 e. The second-order valence-corrected chi connectivity index (χ2v) is 6.74. The summed E-state index contributed by atoms with van der Waals surface area (Å²) in [5, 5.41) is 0. The fourth-order valence-corrected chi connectivity index (χ4v) is 3.94. The smallest absolute Gasteiger partial charge is 0.0639 e. The summed E-state index contributed by atoms with van der Waals surface area (Å²) < 4.78 is 0. The SMILES string of the molecule is CC1(C)[C@H]2CC[C@]1(C)/C(=N\Cc1ccccc1)C2. The van der Waals surface area contributed by atoms with Crippen LogP contribution in [0.2, 0.25) is 0 Å². The van der Waals surface area contributed by atoms with Crippen molar-refractivity contribution in [2.45, 2.75) is 46.6 Å². The Morgan fingerprint density at radius 2 is 1.89 bits per heavy atom. The van der Waals surface area contributed by atoms with Crippen LogP contribution in [-0.4, -0.2) is 5.71 Å². The van der Waals surface area contributed by atoms with Crippen molar-refractivity contribution in [3.05, 3.63) is 35.9 Å². The van der Waals surface area contributed by atoms with E-state index in [0.717, 1.165) is 12.5 Å². The maximum atomic E-state index is 4.96. The summed E-state index contributed by atoms with van der Waals surface area (Å²) in [6.45, 7) is 8.17. The normalized spacial score (nSPS) is 35.3. The number of rotatable bonds is 2. The van der Waals surface area contributed by atoms with E-state index in [-0.39, 0.29) is 0 Å². The van der Waals surface area contributed by atoms with Gasteiger partial charge in [0.25, 0.3) is 0 Å². The monoisotopic (exact) mass is 241 g/mol. The predicted octanol–water partition coefficient (Wildman–Crippen LogP) is 4.47. The highest BCUT2D eigenvalue weighted by atomic mass is 14.8. The Balaban J connectivity index is 1.83. The zero-order chi connectivity index (χ0) is 12.8. The third-order valence-corrected chi connectivity index (χ3v) is 5.81. The number of fused-ring (bicyclic) bond motifs is 2. The molecule has 0 saturated heterocycles. The third kappa shape index (κ3) is 1.56. The van der Waals surface area contributed by atoms with Crippen LogP contribution in [0.4, 0.5) is 0 Å². The van der Waals surface area contributed by atoms with Crippen molar-refractivity contribution >= 4 is 5.71 Å². The van der Waals surface area contributed by atoms with Crippen LogP contribution in [0, 0.1) is 16.7 Å².